The number of anilines is 3. The Labute approximate surface area is 212 Å². The molecule has 1 amide bonds. The molecule has 0 radical (unpaired) electrons. The van der Waals surface area contributed by atoms with Crippen LogP contribution in [0.4, 0.5) is 17.1 Å². The van der Waals surface area contributed by atoms with E-state index in [0.717, 1.165) is 15.0 Å². The molecule has 3 rings (SSSR count). The molecule has 3 aromatic carbocycles. The number of hydrogen-bond donors (Lipinski definition) is 2. The van der Waals surface area contributed by atoms with E-state index in [1.165, 1.54) is 55.5 Å². The number of hydrogen-bond acceptors (Lipinski definition) is 5. The molecule has 34 heavy (non-hydrogen) atoms. The number of benzene rings is 3. The molecule has 2 N–H and O–H groups in total. The maximum absolute atomic E-state index is 12.8. The third-order valence-corrected chi connectivity index (χ3v) is 8.12. The van der Waals surface area contributed by atoms with Gasteiger partial charge in [0.05, 0.1) is 16.8 Å². The number of nitrogens with zero attached hydrogens (tertiary/aromatic N) is 1. The third-order valence-electron chi connectivity index (χ3n) is 4.70. The lowest BCUT2D eigenvalue weighted by Crippen LogP contribution is -2.45. The minimum absolute atomic E-state index is 0.000364. The summed E-state index contributed by atoms with van der Waals surface area (Å²) in [6.07, 6.45) is 1.00. The number of amides is 1. The first-order valence-electron chi connectivity index (χ1n) is 9.81. The number of rotatable bonds is 8. The van der Waals surface area contributed by atoms with Crippen LogP contribution in [0.1, 0.15) is 6.92 Å². The molecule has 1 atom stereocenters. The Kier molecular flexibility index (Phi) is 7.91. The molecular weight excluding hydrogens is 566 g/mol. The summed E-state index contributed by atoms with van der Waals surface area (Å²) < 4.78 is 54.3. The van der Waals surface area contributed by atoms with Crippen molar-refractivity contribution < 1.29 is 21.6 Å². The summed E-state index contributed by atoms with van der Waals surface area (Å²) in [6, 6.07) is 17.2. The predicted octanol–water partition coefficient (Wildman–Crippen LogP) is 4.70. The van der Waals surface area contributed by atoms with Crippen molar-refractivity contribution in [3.63, 3.8) is 0 Å². The Balaban J connectivity index is 1.75. The van der Waals surface area contributed by atoms with Gasteiger partial charge in [-0.15, -0.1) is 0 Å². The van der Waals surface area contributed by atoms with E-state index in [1.54, 1.807) is 24.3 Å². The highest BCUT2D eigenvalue weighted by molar-refractivity contribution is 9.10. The fraction of sp³-hybridized carbons (Fsp3) is 0.136. The lowest BCUT2D eigenvalue weighted by molar-refractivity contribution is -0.116. The van der Waals surface area contributed by atoms with Gasteiger partial charge in [0.15, 0.2) is 0 Å². The summed E-state index contributed by atoms with van der Waals surface area (Å²) >= 11 is 9.17. The summed E-state index contributed by atoms with van der Waals surface area (Å²) in [6.45, 7) is 1.45. The SMILES string of the molecule is C[C@H](C(=O)Nc1ccc(S(=O)(=O)Nc2ccc(Br)cc2)cc1)N(c1ccc(Cl)cc1)S(C)(=O)=O. The minimum atomic E-state index is -3.84. The van der Waals surface area contributed by atoms with Gasteiger partial charge >= 0.3 is 0 Å². The van der Waals surface area contributed by atoms with E-state index in [1.807, 2.05) is 0 Å². The maximum Gasteiger partial charge on any atom is 0.261 e. The van der Waals surface area contributed by atoms with E-state index in [4.69, 9.17) is 11.6 Å². The Hall–Kier alpha value is -2.60. The number of sulfonamides is 2. The fourth-order valence-electron chi connectivity index (χ4n) is 3.09. The second-order valence-corrected chi connectivity index (χ2v) is 12.2. The standard InChI is InChI=1S/C22H21BrClN3O5S2/c1-15(27(33(2,29)30)20-11-5-17(24)6-12-20)22(28)25-18-9-13-21(14-10-18)34(31,32)26-19-7-3-16(23)4-8-19/h3-15,26H,1-2H3,(H,25,28)/t15-/m1/s1. The first-order chi connectivity index (χ1) is 15.9. The first-order valence-corrected chi connectivity index (χ1v) is 14.3. The summed E-state index contributed by atoms with van der Waals surface area (Å²) in [7, 11) is -7.62. The molecule has 180 valence electrons. The monoisotopic (exact) mass is 585 g/mol. The molecule has 0 saturated carbocycles. The third kappa shape index (κ3) is 6.50. The highest BCUT2D eigenvalue weighted by Gasteiger charge is 2.29. The largest absolute Gasteiger partial charge is 0.324 e. The van der Waals surface area contributed by atoms with E-state index >= 15 is 0 Å². The van der Waals surface area contributed by atoms with Crippen molar-refractivity contribution in [2.45, 2.75) is 17.9 Å². The average molecular weight is 587 g/mol. The highest BCUT2D eigenvalue weighted by Crippen LogP contribution is 2.24. The van der Waals surface area contributed by atoms with Gasteiger partial charge in [0.1, 0.15) is 6.04 Å². The molecule has 0 bridgehead atoms. The van der Waals surface area contributed by atoms with Gasteiger partial charge in [-0.3, -0.25) is 13.8 Å². The Morgan fingerprint density at radius 2 is 1.41 bits per heavy atom. The van der Waals surface area contributed by atoms with Crippen LogP contribution in [0.5, 0.6) is 0 Å². The van der Waals surface area contributed by atoms with Crippen molar-refractivity contribution in [2.75, 3.05) is 20.6 Å². The molecule has 0 fully saturated rings. The average Bonchev–Trinajstić information content (AvgIpc) is 2.76. The summed E-state index contributed by atoms with van der Waals surface area (Å²) in [4.78, 5) is 12.8. The van der Waals surface area contributed by atoms with E-state index in [9.17, 15) is 21.6 Å². The molecule has 0 aliphatic rings. The molecule has 0 aliphatic heterocycles. The van der Waals surface area contributed by atoms with Crippen LogP contribution in [0.25, 0.3) is 0 Å². The van der Waals surface area contributed by atoms with Crippen LogP contribution in [-0.4, -0.2) is 35.0 Å². The van der Waals surface area contributed by atoms with Gasteiger partial charge in [-0.1, -0.05) is 27.5 Å². The zero-order valence-electron chi connectivity index (χ0n) is 18.1. The zero-order chi connectivity index (χ0) is 25.1. The number of nitrogens with one attached hydrogen (secondary N) is 2. The molecule has 0 aliphatic carbocycles. The molecule has 0 heterocycles. The van der Waals surface area contributed by atoms with Crippen LogP contribution in [0.2, 0.25) is 5.02 Å². The summed E-state index contributed by atoms with van der Waals surface area (Å²) in [5.41, 5.74) is 0.997. The van der Waals surface area contributed by atoms with Crippen molar-refractivity contribution in [1.29, 1.82) is 0 Å². The Morgan fingerprint density at radius 3 is 1.94 bits per heavy atom. The lowest BCUT2D eigenvalue weighted by Gasteiger charge is -2.28. The molecule has 0 aromatic heterocycles. The number of carbonyl (C=O) groups is 1. The molecule has 12 heteroatoms. The quantitative estimate of drug-likeness (QED) is 0.397. The maximum atomic E-state index is 12.8. The molecular formula is C22H21BrClN3O5S2. The summed E-state index contributed by atoms with van der Waals surface area (Å²) in [5, 5.41) is 3.05. The molecule has 0 saturated heterocycles. The number of carbonyl (C=O) groups excluding carboxylic acids is 1. The van der Waals surface area contributed by atoms with Crippen molar-refractivity contribution >= 4 is 70.5 Å². The van der Waals surface area contributed by atoms with E-state index in [0.29, 0.717) is 16.4 Å². The highest BCUT2D eigenvalue weighted by atomic mass is 79.9. The molecule has 8 nitrogen and oxygen atoms in total. The van der Waals surface area contributed by atoms with Crippen molar-refractivity contribution in [3.8, 4) is 0 Å². The fourth-order valence-corrected chi connectivity index (χ4v) is 5.72. The summed E-state index contributed by atoms with van der Waals surface area (Å²) in [5.74, 6) is -0.594. The second-order valence-electron chi connectivity index (χ2n) is 7.34. The normalized spacial score (nSPS) is 12.6. The Bertz CT molecular complexity index is 1380. The minimum Gasteiger partial charge on any atom is -0.324 e. The zero-order valence-corrected chi connectivity index (χ0v) is 22.0. The van der Waals surface area contributed by atoms with E-state index in [2.05, 4.69) is 26.0 Å². The van der Waals surface area contributed by atoms with Gasteiger partial charge in [0, 0.05) is 20.9 Å². The number of halogens is 2. The topological polar surface area (TPSA) is 113 Å². The van der Waals surface area contributed by atoms with Crippen LogP contribution in [0.3, 0.4) is 0 Å². The van der Waals surface area contributed by atoms with Gasteiger partial charge in [-0.2, -0.15) is 0 Å². The van der Waals surface area contributed by atoms with Crippen molar-refractivity contribution in [1.82, 2.24) is 0 Å². The van der Waals surface area contributed by atoms with Crippen LogP contribution in [-0.2, 0) is 24.8 Å². The second kappa shape index (κ2) is 10.3. The van der Waals surface area contributed by atoms with Crippen LogP contribution in [0, 0.1) is 0 Å². The van der Waals surface area contributed by atoms with Crippen LogP contribution in [0.15, 0.2) is 82.2 Å². The Morgan fingerprint density at radius 1 is 0.882 bits per heavy atom. The van der Waals surface area contributed by atoms with Crippen molar-refractivity contribution in [3.05, 3.63) is 82.3 Å². The van der Waals surface area contributed by atoms with E-state index in [-0.39, 0.29) is 10.6 Å². The van der Waals surface area contributed by atoms with E-state index < -0.39 is 32.0 Å². The van der Waals surface area contributed by atoms with Gasteiger partial charge in [0.25, 0.3) is 10.0 Å². The van der Waals surface area contributed by atoms with Gasteiger partial charge in [0.2, 0.25) is 15.9 Å². The molecule has 0 spiro atoms. The van der Waals surface area contributed by atoms with Crippen LogP contribution >= 0.6 is 27.5 Å². The van der Waals surface area contributed by atoms with Gasteiger partial charge < -0.3 is 5.32 Å². The predicted molar refractivity (Wildman–Crippen MR) is 138 cm³/mol. The molecule has 0 unspecified atom stereocenters. The van der Waals surface area contributed by atoms with Crippen molar-refractivity contribution in [2.24, 2.45) is 0 Å². The van der Waals surface area contributed by atoms with Crippen LogP contribution < -0.4 is 14.3 Å². The molecule has 3 aromatic rings. The first kappa shape index (κ1) is 26.0. The van der Waals surface area contributed by atoms with Gasteiger partial charge in [-0.25, -0.2) is 16.8 Å². The lowest BCUT2D eigenvalue weighted by atomic mass is 10.2. The smallest absolute Gasteiger partial charge is 0.261 e. The van der Waals surface area contributed by atoms with Gasteiger partial charge in [-0.05, 0) is 79.7 Å².